The molecule has 0 unspecified atom stereocenters. The van der Waals surface area contributed by atoms with Gasteiger partial charge < -0.3 is 15.2 Å². The molecule has 0 bridgehead atoms. The second kappa shape index (κ2) is 20.6. The van der Waals surface area contributed by atoms with Gasteiger partial charge in [0.2, 0.25) is 30.8 Å². The van der Waals surface area contributed by atoms with E-state index in [1.54, 1.807) is 35.9 Å². The Morgan fingerprint density at radius 2 is 1.03 bits per heavy atom. The standard InChI is InChI=1S/C22H26FN3O3S.C20H22FN3O.C2H5ClO2S/c1-5-26-20(15-21(24-26)29-19-12-10-18(23)11-13-19)16-8-7-9-17(14-16)22(3,4)25-30(27,28)6-2;1-4-24-18(14-6-5-7-15(12-14)20(2,3)22)13-19(23-24)25-17-10-8-16(21)9-11-17;1-2-6(3,4)5/h7-15,25H,5-6H2,1-4H3;5-13H,4,22H2,1-3H3;2H2,1H3. The molecular weight excluding hydrogens is 846 g/mol. The summed E-state index contributed by atoms with van der Waals surface area (Å²) in [4.78, 5) is 0. The van der Waals surface area contributed by atoms with E-state index in [-0.39, 0.29) is 23.1 Å². The van der Waals surface area contributed by atoms with Gasteiger partial charge in [-0.15, -0.1) is 10.2 Å². The second-order valence-electron chi connectivity index (χ2n) is 14.8. The molecule has 0 fully saturated rings. The molecule has 6 aromatic rings. The molecule has 0 aliphatic rings. The minimum Gasteiger partial charge on any atom is -0.438 e. The van der Waals surface area contributed by atoms with E-state index in [2.05, 4.69) is 31.7 Å². The molecular formula is C44H53ClF2N6O6S2. The summed E-state index contributed by atoms with van der Waals surface area (Å²) in [7, 11) is -1.86. The molecule has 2 heterocycles. The molecule has 17 heteroatoms. The topological polar surface area (TPSA) is 160 Å². The highest BCUT2D eigenvalue weighted by Crippen LogP contribution is 2.32. The fourth-order valence-electron chi connectivity index (χ4n) is 5.75. The van der Waals surface area contributed by atoms with Crippen LogP contribution in [-0.2, 0) is 43.2 Å². The molecule has 3 N–H and O–H groups in total. The summed E-state index contributed by atoms with van der Waals surface area (Å²) in [5.74, 6) is 1.31. The minimum absolute atomic E-state index is 0.00849. The van der Waals surface area contributed by atoms with Crippen molar-refractivity contribution in [2.75, 3.05) is 11.5 Å². The zero-order chi connectivity index (χ0) is 45.2. The molecule has 12 nitrogen and oxygen atoms in total. The van der Waals surface area contributed by atoms with E-state index >= 15 is 0 Å². The number of nitrogens with one attached hydrogen (secondary N) is 1. The maximum atomic E-state index is 13.1. The second-order valence-corrected chi connectivity index (χ2v) is 19.9. The zero-order valence-electron chi connectivity index (χ0n) is 35.5. The summed E-state index contributed by atoms with van der Waals surface area (Å²) >= 11 is 0. The number of hydrogen-bond acceptors (Lipinski definition) is 9. The molecule has 0 spiro atoms. The zero-order valence-corrected chi connectivity index (χ0v) is 37.9. The number of aromatic nitrogens is 4. The number of benzene rings is 4. The third-order valence-electron chi connectivity index (χ3n) is 9.10. The van der Waals surface area contributed by atoms with E-state index in [9.17, 15) is 25.6 Å². The lowest BCUT2D eigenvalue weighted by atomic mass is 9.93. The van der Waals surface area contributed by atoms with Crippen LogP contribution in [0.5, 0.6) is 23.3 Å². The first-order chi connectivity index (χ1) is 28.6. The quantitative estimate of drug-likeness (QED) is 0.101. The van der Waals surface area contributed by atoms with Gasteiger partial charge in [-0.05, 0) is 120 Å². The van der Waals surface area contributed by atoms with Crippen molar-refractivity contribution in [2.45, 2.75) is 79.6 Å². The van der Waals surface area contributed by atoms with Crippen molar-refractivity contribution in [1.82, 2.24) is 24.3 Å². The average molecular weight is 900 g/mol. The van der Waals surface area contributed by atoms with E-state index in [1.165, 1.54) is 31.2 Å². The lowest BCUT2D eigenvalue weighted by Gasteiger charge is -2.27. The van der Waals surface area contributed by atoms with Crippen LogP contribution in [0.15, 0.2) is 109 Å². The Hall–Kier alpha value is -5.13. The Balaban J connectivity index is 0.000000240. The van der Waals surface area contributed by atoms with Gasteiger partial charge >= 0.3 is 0 Å². The summed E-state index contributed by atoms with van der Waals surface area (Å²) in [5, 5.41) is 8.96. The number of aryl methyl sites for hydroxylation is 2. The molecule has 0 atom stereocenters. The highest BCUT2D eigenvalue weighted by Gasteiger charge is 2.26. The first-order valence-electron chi connectivity index (χ1n) is 19.5. The van der Waals surface area contributed by atoms with Gasteiger partial charge in [0.1, 0.15) is 23.1 Å². The predicted octanol–water partition coefficient (Wildman–Crippen LogP) is 9.95. The molecule has 0 saturated heterocycles. The monoisotopic (exact) mass is 898 g/mol. The summed E-state index contributed by atoms with van der Waals surface area (Å²) in [6.07, 6.45) is 0. The first-order valence-corrected chi connectivity index (χ1v) is 23.7. The van der Waals surface area contributed by atoms with Crippen LogP contribution in [0.25, 0.3) is 22.5 Å². The molecule has 2 aromatic heterocycles. The molecule has 0 amide bonds. The van der Waals surface area contributed by atoms with E-state index in [0.717, 1.165) is 33.6 Å². The Bertz CT molecular complexity index is 2590. The Labute approximate surface area is 362 Å². The Kier molecular flexibility index (Phi) is 16.4. The van der Waals surface area contributed by atoms with Crippen LogP contribution in [-0.4, -0.2) is 47.9 Å². The summed E-state index contributed by atoms with van der Waals surface area (Å²) in [6, 6.07) is 31.1. The molecule has 6 rings (SSSR count). The van der Waals surface area contributed by atoms with Crippen LogP contribution >= 0.6 is 10.7 Å². The SMILES string of the molecule is CCS(=O)(=O)Cl.CCn1nc(Oc2ccc(F)cc2)cc1-c1cccc(C(C)(C)N)c1.CCn1nc(Oc2ccc(F)cc2)cc1-c1cccc(C(C)(C)NS(=O)(=O)CC)c1. The number of halogens is 3. The molecule has 0 aliphatic carbocycles. The summed E-state index contributed by atoms with van der Waals surface area (Å²) in [6.45, 7) is 16.0. The van der Waals surface area contributed by atoms with Crippen LogP contribution in [0, 0.1) is 11.6 Å². The summed E-state index contributed by atoms with van der Waals surface area (Å²) in [5.41, 5.74) is 10.6. The van der Waals surface area contributed by atoms with Crippen molar-refractivity contribution in [3.63, 3.8) is 0 Å². The smallest absolute Gasteiger partial charge is 0.238 e. The van der Waals surface area contributed by atoms with Gasteiger partial charge in [-0.25, -0.2) is 30.3 Å². The lowest BCUT2D eigenvalue weighted by molar-refractivity contribution is 0.448. The lowest BCUT2D eigenvalue weighted by Crippen LogP contribution is -2.41. The molecule has 0 saturated carbocycles. The Morgan fingerprint density at radius 1 is 0.639 bits per heavy atom. The van der Waals surface area contributed by atoms with Crippen LogP contribution in [0.3, 0.4) is 0 Å². The van der Waals surface area contributed by atoms with Crippen LogP contribution in [0.4, 0.5) is 8.78 Å². The van der Waals surface area contributed by atoms with Gasteiger partial charge in [0.05, 0.1) is 28.4 Å². The van der Waals surface area contributed by atoms with Gasteiger partial charge in [-0.2, -0.15) is 0 Å². The first kappa shape index (κ1) is 48.5. The van der Waals surface area contributed by atoms with Crippen LogP contribution < -0.4 is 19.9 Å². The molecule has 61 heavy (non-hydrogen) atoms. The minimum atomic E-state index is -3.36. The van der Waals surface area contributed by atoms with Gasteiger partial charge in [-0.1, -0.05) is 43.3 Å². The molecule has 0 aliphatic heterocycles. The van der Waals surface area contributed by atoms with Crippen molar-refractivity contribution in [2.24, 2.45) is 5.73 Å². The van der Waals surface area contributed by atoms with Gasteiger partial charge in [0, 0.05) is 52.6 Å². The van der Waals surface area contributed by atoms with Crippen molar-refractivity contribution in [3.8, 4) is 45.8 Å². The number of nitrogens with zero attached hydrogens (tertiary/aromatic N) is 4. The van der Waals surface area contributed by atoms with Gasteiger partial charge in [0.15, 0.2) is 0 Å². The Morgan fingerprint density at radius 3 is 1.39 bits per heavy atom. The summed E-state index contributed by atoms with van der Waals surface area (Å²) < 4.78 is 87.8. The third kappa shape index (κ3) is 14.5. The maximum Gasteiger partial charge on any atom is 0.238 e. The van der Waals surface area contributed by atoms with Crippen LogP contribution in [0.2, 0.25) is 0 Å². The van der Waals surface area contributed by atoms with Crippen molar-refractivity contribution < 1.29 is 35.1 Å². The number of nitrogens with two attached hydrogens (primary N) is 1. The van der Waals surface area contributed by atoms with Crippen molar-refractivity contribution >= 4 is 29.8 Å². The van der Waals surface area contributed by atoms with Crippen molar-refractivity contribution in [3.05, 3.63) is 132 Å². The number of sulfonamides is 1. The van der Waals surface area contributed by atoms with E-state index in [4.69, 9.17) is 15.2 Å². The largest absolute Gasteiger partial charge is 0.438 e. The highest BCUT2D eigenvalue weighted by molar-refractivity contribution is 8.13. The third-order valence-corrected chi connectivity index (χ3v) is 12.0. The molecule has 328 valence electrons. The fourth-order valence-corrected chi connectivity index (χ4v) is 6.79. The number of hydrogen-bond donors (Lipinski definition) is 2. The van der Waals surface area contributed by atoms with Crippen LogP contribution in [0.1, 0.15) is 66.5 Å². The molecule has 4 aromatic carbocycles. The van der Waals surface area contributed by atoms with Crippen molar-refractivity contribution in [1.29, 1.82) is 0 Å². The predicted molar refractivity (Wildman–Crippen MR) is 238 cm³/mol. The number of rotatable bonds is 14. The number of ether oxygens (including phenoxy) is 2. The normalized spacial score (nSPS) is 11.9. The average Bonchev–Trinajstić information content (AvgIpc) is 3.83. The van der Waals surface area contributed by atoms with Gasteiger partial charge in [-0.3, -0.25) is 9.36 Å². The van der Waals surface area contributed by atoms with E-state index in [0.29, 0.717) is 36.3 Å². The fraction of sp³-hybridized carbons (Fsp3) is 0.318. The highest BCUT2D eigenvalue weighted by atomic mass is 35.7. The molecule has 0 radical (unpaired) electrons. The van der Waals surface area contributed by atoms with E-state index < -0.39 is 30.2 Å². The van der Waals surface area contributed by atoms with E-state index in [1.807, 2.05) is 101 Å². The maximum absolute atomic E-state index is 13.1. The van der Waals surface area contributed by atoms with Gasteiger partial charge in [0.25, 0.3) is 0 Å².